The first-order valence-corrected chi connectivity index (χ1v) is 6.27. The zero-order valence-electron chi connectivity index (χ0n) is 10.8. The van der Waals surface area contributed by atoms with E-state index in [4.69, 9.17) is 0 Å². The molecule has 0 aliphatic rings. The van der Waals surface area contributed by atoms with Crippen LogP contribution in [-0.4, -0.2) is 11.0 Å². The molecule has 0 fully saturated rings. The highest BCUT2D eigenvalue weighted by atomic mass is 14.9. The molecule has 2 heteroatoms. The smallest absolute Gasteiger partial charge is 0.0722 e. The largest absolute Gasteiger partial charge is 0.382 e. The summed E-state index contributed by atoms with van der Waals surface area (Å²) in [5, 5.41) is 4.78. The van der Waals surface area contributed by atoms with Crippen molar-refractivity contribution in [2.75, 3.05) is 5.32 Å². The summed E-state index contributed by atoms with van der Waals surface area (Å²) in [4.78, 5) is 4.37. The molecule has 1 N–H and O–H groups in total. The summed E-state index contributed by atoms with van der Waals surface area (Å²) in [5.74, 6) is 0.714. The van der Waals surface area contributed by atoms with Crippen LogP contribution >= 0.6 is 0 Å². The first kappa shape index (κ1) is 11.9. The van der Waals surface area contributed by atoms with Gasteiger partial charge >= 0.3 is 0 Å². The van der Waals surface area contributed by atoms with Crippen molar-refractivity contribution >= 4 is 16.6 Å². The second kappa shape index (κ2) is 5.17. The van der Waals surface area contributed by atoms with Gasteiger partial charge in [-0.1, -0.05) is 32.0 Å². The topological polar surface area (TPSA) is 24.9 Å². The average molecular weight is 228 g/mol. The van der Waals surface area contributed by atoms with Crippen LogP contribution in [0.3, 0.4) is 0 Å². The highest BCUT2D eigenvalue weighted by Gasteiger charge is 2.07. The van der Waals surface area contributed by atoms with Crippen LogP contribution in [0.25, 0.3) is 10.9 Å². The monoisotopic (exact) mass is 228 g/mol. The van der Waals surface area contributed by atoms with Gasteiger partial charge in [-0.15, -0.1) is 0 Å². The molecule has 0 saturated heterocycles. The molecule has 2 rings (SSSR count). The number of pyridine rings is 1. The highest BCUT2D eigenvalue weighted by molar-refractivity contribution is 5.90. The maximum Gasteiger partial charge on any atom is 0.0722 e. The van der Waals surface area contributed by atoms with E-state index < -0.39 is 0 Å². The number of anilines is 1. The van der Waals surface area contributed by atoms with Gasteiger partial charge in [0.2, 0.25) is 0 Å². The molecular weight excluding hydrogens is 208 g/mol. The number of benzene rings is 1. The lowest BCUT2D eigenvalue weighted by Crippen LogP contribution is -2.17. The standard InChI is InChI=1S/C15H20N2/c1-11(2)10-12(3)17-15-8-9-16-14-7-5-4-6-13(14)15/h4-9,11-12H,10H2,1-3H3,(H,16,17). The molecular formula is C15H20N2. The predicted octanol–water partition coefficient (Wildman–Crippen LogP) is 4.08. The summed E-state index contributed by atoms with van der Waals surface area (Å²) in [6.07, 6.45) is 3.05. The molecule has 17 heavy (non-hydrogen) atoms. The molecule has 0 spiro atoms. The summed E-state index contributed by atoms with van der Waals surface area (Å²) < 4.78 is 0. The van der Waals surface area contributed by atoms with Gasteiger partial charge in [0, 0.05) is 23.3 Å². The number of fused-ring (bicyclic) bond motifs is 1. The van der Waals surface area contributed by atoms with Crippen LogP contribution in [-0.2, 0) is 0 Å². The minimum absolute atomic E-state index is 0.487. The van der Waals surface area contributed by atoms with Crippen molar-refractivity contribution in [3.63, 3.8) is 0 Å². The minimum atomic E-state index is 0.487. The van der Waals surface area contributed by atoms with Crippen LogP contribution in [0.15, 0.2) is 36.5 Å². The van der Waals surface area contributed by atoms with E-state index in [9.17, 15) is 0 Å². The molecule has 2 nitrogen and oxygen atoms in total. The van der Waals surface area contributed by atoms with E-state index in [2.05, 4.69) is 49.3 Å². The summed E-state index contributed by atoms with van der Waals surface area (Å²) in [5.41, 5.74) is 2.23. The fourth-order valence-electron chi connectivity index (χ4n) is 2.25. The molecule has 1 aromatic carbocycles. The molecule has 1 aromatic heterocycles. The third-order valence-electron chi connectivity index (χ3n) is 2.88. The molecule has 0 saturated carbocycles. The summed E-state index contributed by atoms with van der Waals surface area (Å²) in [7, 11) is 0. The van der Waals surface area contributed by atoms with Crippen LogP contribution in [0.2, 0.25) is 0 Å². The van der Waals surface area contributed by atoms with Gasteiger partial charge < -0.3 is 5.32 Å². The fourth-order valence-corrected chi connectivity index (χ4v) is 2.25. The van der Waals surface area contributed by atoms with Gasteiger partial charge in [-0.25, -0.2) is 0 Å². The zero-order chi connectivity index (χ0) is 12.3. The molecule has 0 aliphatic heterocycles. The number of para-hydroxylation sites is 1. The Morgan fingerprint density at radius 3 is 2.65 bits per heavy atom. The molecule has 0 aliphatic carbocycles. The Hall–Kier alpha value is -1.57. The summed E-state index contributed by atoms with van der Waals surface area (Å²) in [6, 6.07) is 10.8. The summed E-state index contributed by atoms with van der Waals surface area (Å²) >= 11 is 0. The molecule has 1 unspecified atom stereocenters. The lowest BCUT2D eigenvalue weighted by molar-refractivity contribution is 0.540. The number of aromatic nitrogens is 1. The average Bonchev–Trinajstić information content (AvgIpc) is 2.28. The molecule has 0 bridgehead atoms. The van der Waals surface area contributed by atoms with Crippen LogP contribution in [0, 0.1) is 5.92 Å². The lowest BCUT2D eigenvalue weighted by atomic mass is 10.0. The quantitative estimate of drug-likeness (QED) is 0.852. The van der Waals surface area contributed by atoms with Gasteiger partial charge in [-0.2, -0.15) is 0 Å². The van der Waals surface area contributed by atoms with E-state index in [1.807, 2.05) is 18.3 Å². The van der Waals surface area contributed by atoms with Gasteiger partial charge in [-0.3, -0.25) is 4.98 Å². The zero-order valence-corrected chi connectivity index (χ0v) is 10.8. The Morgan fingerprint density at radius 2 is 1.88 bits per heavy atom. The first-order chi connectivity index (χ1) is 8.16. The van der Waals surface area contributed by atoms with Gasteiger partial charge in [-0.05, 0) is 31.4 Å². The van der Waals surface area contributed by atoms with Crippen LogP contribution in [0.4, 0.5) is 5.69 Å². The number of nitrogens with zero attached hydrogens (tertiary/aromatic N) is 1. The van der Waals surface area contributed by atoms with E-state index in [1.54, 1.807) is 0 Å². The molecule has 0 amide bonds. The van der Waals surface area contributed by atoms with Crippen LogP contribution in [0.1, 0.15) is 27.2 Å². The van der Waals surface area contributed by atoms with Crippen molar-refractivity contribution < 1.29 is 0 Å². The van der Waals surface area contributed by atoms with E-state index in [1.165, 1.54) is 17.5 Å². The van der Waals surface area contributed by atoms with Gasteiger partial charge in [0.05, 0.1) is 5.52 Å². The normalized spacial score (nSPS) is 12.9. The second-order valence-corrected chi connectivity index (χ2v) is 5.05. The van der Waals surface area contributed by atoms with Crippen molar-refractivity contribution in [2.45, 2.75) is 33.2 Å². The number of hydrogen-bond acceptors (Lipinski definition) is 2. The van der Waals surface area contributed by atoms with Gasteiger partial charge in [0.25, 0.3) is 0 Å². The third kappa shape index (κ3) is 2.96. The summed E-state index contributed by atoms with van der Waals surface area (Å²) in [6.45, 7) is 6.74. The minimum Gasteiger partial charge on any atom is -0.382 e. The van der Waals surface area contributed by atoms with Crippen LogP contribution in [0.5, 0.6) is 0 Å². The number of nitrogens with one attached hydrogen (secondary N) is 1. The van der Waals surface area contributed by atoms with Crippen molar-refractivity contribution in [1.82, 2.24) is 4.98 Å². The molecule has 90 valence electrons. The van der Waals surface area contributed by atoms with Crippen molar-refractivity contribution in [1.29, 1.82) is 0 Å². The number of rotatable bonds is 4. The molecule has 1 heterocycles. The van der Waals surface area contributed by atoms with Gasteiger partial charge in [0.15, 0.2) is 0 Å². The maximum absolute atomic E-state index is 4.37. The maximum atomic E-state index is 4.37. The third-order valence-corrected chi connectivity index (χ3v) is 2.88. The number of hydrogen-bond donors (Lipinski definition) is 1. The molecule has 2 aromatic rings. The Balaban J connectivity index is 2.24. The Labute approximate surface area is 103 Å². The fraction of sp³-hybridized carbons (Fsp3) is 0.400. The SMILES string of the molecule is CC(C)CC(C)Nc1ccnc2ccccc12. The van der Waals surface area contributed by atoms with Crippen LogP contribution < -0.4 is 5.32 Å². The van der Waals surface area contributed by atoms with Gasteiger partial charge in [0.1, 0.15) is 0 Å². The molecule has 1 atom stereocenters. The highest BCUT2D eigenvalue weighted by Crippen LogP contribution is 2.22. The second-order valence-electron chi connectivity index (χ2n) is 5.05. The van der Waals surface area contributed by atoms with E-state index >= 15 is 0 Å². The van der Waals surface area contributed by atoms with E-state index in [-0.39, 0.29) is 0 Å². The van der Waals surface area contributed by atoms with Crippen molar-refractivity contribution in [2.24, 2.45) is 5.92 Å². The Bertz CT molecular complexity index is 486. The predicted molar refractivity (Wildman–Crippen MR) is 74.3 cm³/mol. The molecule has 0 radical (unpaired) electrons. The Morgan fingerprint density at radius 1 is 1.12 bits per heavy atom. The van der Waals surface area contributed by atoms with Crippen molar-refractivity contribution in [3.8, 4) is 0 Å². The van der Waals surface area contributed by atoms with E-state index in [0.29, 0.717) is 12.0 Å². The Kier molecular flexibility index (Phi) is 3.62. The first-order valence-electron chi connectivity index (χ1n) is 6.27. The van der Waals surface area contributed by atoms with Crippen molar-refractivity contribution in [3.05, 3.63) is 36.5 Å². The van der Waals surface area contributed by atoms with E-state index in [0.717, 1.165) is 5.52 Å². The lowest BCUT2D eigenvalue weighted by Gasteiger charge is -2.18.